The van der Waals surface area contributed by atoms with Gasteiger partial charge >= 0.3 is 5.97 Å². The second-order valence-electron chi connectivity index (χ2n) is 2.73. The van der Waals surface area contributed by atoms with E-state index in [-0.39, 0.29) is 5.57 Å². The van der Waals surface area contributed by atoms with Crippen molar-refractivity contribution in [2.24, 2.45) is 5.73 Å². The van der Waals surface area contributed by atoms with E-state index in [9.17, 15) is 4.79 Å². The van der Waals surface area contributed by atoms with Gasteiger partial charge in [0.1, 0.15) is 0 Å². The Morgan fingerprint density at radius 1 is 1.31 bits per heavy atom. The molecule has 0 aliphatic heterocycles. The first-order chi connectivity index (χ1) is 6.13. The highest BCUT2D eigenvalue weighted by Crippen LogP contribution is 2.15. The second kappa shape index (κ2) is 3.76. The van der Waals surface area contributed by atoms with Gasteiger partial charge < -0.3 is 10.8 Å². The Balaban J connectivity index is 3.20. The molecule has 1 aromatic rings. The highest BCUT2D eigenvalue weighted by molar-refractivity contribution is 6.16. The fraction of sp³-hybridized carbons (Fsp3) is 0.100. The molecule has 1 aromatic carbocycles. The van der Waals surface area contributed by atoms with Gasteiger partial charge in [-0.05, 0) is 12.5 Å². The highest BCUT2D eigenvalue weighted by Gasteiger charge is 2.11. The second-order valence-corrected chi connectivity index (χ2v) is 2.73. The van der Waals surface area contributed by atoms with Gasteiger partial charge in [-0.3, -0.25) is 0 Å². The molecule has 3 N–H and O–H groups in total. The Labute approximate surface area is 76.5 Å². The Morgan fingerprint density at radius 3 is 2.23 bits per heavy atom. The van der Waals surface area contributed by atoms with Crippen LogP contribution < -0.4 is 5.73 Å². The van der Waals surface area contributed by atoms with Gasteiger partial charge in [0.25, 0.3) is 0 Å². The topological polar surface area (TPSA) is 63.3 Å². The zero-order chi connectivity index (χ0) is 9.84. The van der Waals surface area contributed by atoms with Crippen molar-refractivity contribution >= 4 is 11.5 Å². The van der Waals surface area contributed by atoms with Gasteiger partial charge in [-0.2, -0.15) is 0 Å². The molecule has 0 heterocycles. The third-order valence-corrected chi connectivity index (χ3v) is 1.67. The fourth-order valence-electron chi connectivity index (χ4n) is 1.12. The lowest BCUT2D eigenvalue weighted by molar-refractivity contribution is -0.130. The van der Waals surface area contributed by atoms with Crippen LogP contribution >= 0.6 is 0 Å². The first-order valence-corrected chi connectivity index (χ1v) is 3.88. The van der Waals surface area contributed by atoms with Crippen LogP contribution in [0, 0.1) is 0 Å². The maximum Gasteiger partial charge on any atom is 0.338 e. The summed E-state index contributed by atoms with van der Waals surface area (Å²) >= 11 is 0. The Kier molecular flexibility index (Phi) is 2.69. The van der Waals surface area contributed by atoms with E-state index in [1.165, 1.54) is 0 Å². The highest BCUT2D eigenvalue weighted by atomic mass is 16.4. The number of hydrogen-bond acceptors (Lipinski definition) is 2. The minimum Gasteiger partial charge on any atom is -0.478 e. The average Bonchev–Trinajstić information content (AvgIpc) is 2.04. The van der Waals surface area contributed by atoms with Crippen molar-refractivity contribution in [3.63, 3.8) is 0 Å². The molecule has 0 atom stereocenters. The number of aliphatic carboxylic acids is 1. The molecule has 1 rings (SSSR count). The van der Waals surface area contributed by atoms with Crippen LogP contribution in [0.3, 0.4) is 0 Å². The predicted octanol–water partition coefficient (Wildman–Crippen LogP) is 1.46. The average molecular weight is 177 g/mol. The van der Waals surface area contributed by atoms with E-state index in [4.69, 9.17) is 10.8 Å². The van der Waals surface area contributed by atoms with Crippen molar-refractivity contribution in [1.29, 1.82) is 0 Å². The maximum atomic E-state index is 10.8. The van der Waals surface area contributed by atoms with Crippen LogP contribution in [0.15, 0.2) is 36.0 Å². The summed E-state index contributed by atoms with van der Waals surface area (Å²) in [6.45, 7) is 1.58. The summed E-state index contributed by atoms with van der Waals surface area (Å²) in [5.74, 6) is -0.994. The number of allylic oxidation sites excluding steroid dienone is 1. The standard InChI is InChI=1S/C10H11NO2/c1-7(11)9(10(12)13)8-5-3-2-4-6-8/h2-6H,11H2,1H3,(H,12,13). The van der Waals surface area contributed by atoms with Crippen molar-refractivity contribution in [2.45, 2.75) is 6.92 Å². The first kappa shape index (κ1) is 9.32. The molecule has 0 bridgehead atoms. The van der Waals surface area contributed by atoms with E-state index in [0.29, 0.717) is 11.3 Å². The molecule has 3 nitrogen and oxygen atoms in total. The minimum atomic E-state index is -0.994. The molecule has 0 aromatic heterocycles. The van der Waals surface area contributed by atoms with E-state index in [1.54, 1.807) is 31.2 Å². The van der Waals surface area contributed by atoms with Crippen molar-refractivity contribution in [3.8, 4) is 0 Å². The summed E-state index contributed by atoms with van der Waals surface area (Å²) < 4.78 is 0. The van der Waals surface area contributed by atoms with E-state index in [1.807, 2.05) is 6.07 Å². The molecule has 0 unspecified atom stereocenters. The molecule has 0 aliphatic rings. The largest absolute Gasteiger partial charge is 0.478 e. The molecule has 3 heteroatoms. The van der Waals surface area contributed by atoms with Gasteiger partial charge in [0.05, 0.1) is 5.57 Å². The lowest BCUT2D eigenvalue weighted by atomic mass is 10.0. The number of carboxylic acid groups (broad SMARTS) is 1. The number of carboxylic acids is 1. The smallest absolute Gasteiger partial charge is 0.338 e. The summed E-state index contributed by atoms with van der Waals surface area (Å²) in [4.78, 5) is 10.8. The van der Waals surface area contributed by atoms with Gasteiger partial charge in [0, 0.05) is 5.70 Å². The predicted molar refractivity (Wildman–Crippen MR) is 50.9 cm³/mol. The van der Waals surface area contributed by atoms with Crippen LogP contribution in [0.25, 0.3) is 5.57 Å². The number of nitrogens with two attached hydrogens (primary N) is 1. The number of carbonyl (C=O) groups is 1. The molecule has 0 saturated heterocycles. The van der Waals surface area contributed by atoms with Crippen molar-refractivity contribution in [2.75, 3.05) is 0 Å². The van der Waals surface area contributed by atoms with Crippen molar-refractivity contribution in [1.82, 2.24) is 0 Å². The van der Waals surface area contributed by atoms with Crippen LogP contribution in [0.2, 0.25) is 0 Å². The van der Waals surface area contributed by atoms with E-state index in [2.05, 4.69) is 0 Å². The van der Waals surface area contributed by atoms with Gasteiger partial charge in [-0.1, -0.05) is 30.3 Å². The molecular weight excluding hydrogens is 166 g/mol. The molecule has 0 saturated carbocycles. The van der Waals surface area contributed by atoms with E-state index < -0.39 is 5.97 Å². The molecule has 13 heavy (non-hydrogen) atoms. The summed E-state index contributed by atoms with van der Waals surface area (Å²) in [7, 11) is 0. The molecule has 0 amide bonds. The third-order valence-electron chi connectivity index (χ3n) is 1.67. The molecule has 68 valence electrons. The Morgan fingerprint density at radius 2 is 1.85 bits per heavy atom. The van der Waals surface area contributed by atoms with Gasteiger partial charge in [-0.25, -0.2) is 4.79 Å². The summed E-state index contributed by atoms with van der Waals surface area (Å²) in [5.41, 5.74) is 6.59. The van der Waals surface area contributed by atoms with Gasteiger partial charge in [0.15, 0.2) is 0 Å². The zero-order valence-corrected chi connectivity index (χ0v) is 7.32. The summed E-state index contributed by atoms with van der Waals surface area (Å²) in [5, 5.41) is 8.86. The van der Waals surface area contributed by atoms with Crippen LogP contribution in [0.5, 0.6) is 0 Å². The minimum absolute atomic E-state index is 0.167. The Bertz CT molecular complexity index is 337. The van der Waals surface area contributed by atoms with Crippen LogP contribution in [0.4, 0.5) is 0 Å². The number of hydrogen-bond donors (Lipinski definition) is 2. The Hall–Kier alpha value is -1.77. The van der Waals surface area contributed by atoms with Crippen LogP contribution in [0.1, 0.15) is 12.5 Å². The quantitative estimate of drug-likeness (QED) is 0.672. The van der Waals surface area contributed by atoms with Crippen molar-refractivity contribution in [3.05, 3.63) is 41.6 Å². The van der Waals surface area contributed by atoms with Crippen LogP contribution in [-0.2, 0) is 4.79 Å². The molecular formula is C10H11NO2. The monoisotopic (exact) mass is 177 g/mol. The molecule has 0 spiro atoms. The molecule has 0 aliphatic carbocycles. The summed E-state index contributed by atoms with van der Waals surface area (Å²) in [6, 6.07) is 8.83. The summed E-state index contributed by atoms with van der Waals surface area (Å²) in [6.07, 6.45) is 0. The zero-order valence-electron chi connectivity index (χ0n) is 7.32. The van der Waals surface area contributed by atoms with Gasteiger partial charge in [-0.15, -0.1) is 0 Å². The number of rotatable bonds is 2. The maximum absolute atomic E-state index is 10.8. The lowest BCUT2D eigenvalue weighted by Crippen LogP contribution is -2.07. The first-order valence-electron chi connectivity index (χ1n) is 3.88. The van der Waals surface area contributed by atoms with E-state index >= 15 is 0 Å². The van der Waals surface area contributed by atoms with E-state index in [0.717, 1.165) is 0 Å². The fourth-order valence-corrected chi connectivity index (χ4v) is 1.12. The normalized spacial score (nSPS) is 12.1. The molecule has 0 fully saturated rings. The SMILES string of the molecule is CC(N)=C(C(=O)O)c1ccccc1. The third kappa shape index (κ3) is 2.08. The van der Waals surface area contributed by atoms with Gasteiger partial charge in [0.2, 0.25) is 0 Å². The number of benzene rings is 1. The lowest BCUT2D eigenvalue weighted by Gasteiger charge is -2.03. The van der Waals surface area contributed by atoms with Crippen LogP contribution in [-0.4, -0.2) is 11.1 Å². The molecule has 0 radical (unpaired) electrons. The van der Waals surface area contributed by atoms with Crippen molar-refractivity contribution < 1.29 is 9.90 Å².